The average molecular weight is 378 g/mol. The summed E-state index contributed by atoms with van der Waals surface area (Å²) >= 11 is 10.3. The van der Waals surface area contributed by atoms with Crippen LogP contribution in [0.25, 0.3) is 0 Å². The molecule has 0 unspecified atom stereocenters. The number of nitrogens with zero attached hydrogens (tertiary/aromatic N) is 3. The Balaban J connectivity index is 1.88. The fourth-order valence-electron chi connectivity index (χ4n) is 2.46. The van der Waals surface area contributed by atoms with Crippen molar-refractivity contribution < 1.29 is 9.32 Å². The maximum atomic E-state index is 12.4. The van der Waals surface area contributed by atoms with Gasteiger partial charge in [-0.25, -0.2) is 4.98 Å². The number of hydrogen-bond acceptors (Lipinski definition) is 6. The average Bonchev–Trinajstić information content (AvgIpc) is 3.10. The van der Waals surface area contributed by atoms with Gasteiger partial charge in [0.2, 0.25) is 6.39 Å². The van der Waals surface area contributed by atoms with E-state index in [4.69, 9.17) is 16.1 Å². The highest BCUT2D eigenvalue weighted by molar-refractivity contribution is 9.11. The number of nitrogens with one attached hydrogen (secondary N) is 1. The standard InChI is InChI=1S/C11H10BrClN4O2S/c12-7-6(15-10(13)20-7)8(18)16-11(3-1-2-4-11)9-14-5-19-17-9/h5H,1-4H2,(H,16,18). The van der Waals surface area contributed by atoms with Gasteiger partial charge in [0.25, 0.3) is 5.91 Å². The maximum Gasteiger partial charge on any atom is 0.272 e. The third kappa shape index (κ3) is 2.47. The van der Waals surface area contributed by atoms with Gasteiger partial charge in [-0.2, -0.15) is 4.98 Å². The SMILES string of the molecule is O=C(NC1(c2ncon2)CCCC1)c1nc(Cl)sc1Br. The second kappa shape index (κ2) is 5.42. The van der Waals surface area contributed by atoms with Gasteiger partial charge in [-0.1, -0.05) is 40.9 Å². The summed E-state index contributed by atoms with van der Waals surface area (Å²) in [6.07, 6.45) is 4.86. The molecule has 2 heterocycles. The summed E-state index contributed by atoms with van der Waals surface area (Å²) in [5.74, 6) is 0.229. The van der Waals surface area contributed by atoms with Crippen molar-refractivity contribution in [2.75, 3.05) is 0 Å². The van der Waals surface area contributed by atoms with E-state index in [2.05, 4.69) is 36.4 Å². The minimum atomic E-state index is -0.570. The Labute approximate surface area is 132 Å². The van der Waals surface area contributed by atoms with Gasteiger partial charge in [0.15, 0.2) is 16.0 Å². The fourth-order valence-corrected chi connectivity index (χ4v) is 4.30. The van der Waals surface area contributed by atoms with Crippen LogP contribution in [0.15, 0.2) is 14.7 Å². The molecule has 0 saturated heterocycles. The Hall–Kier alpha value is -0.990. The van der Waals surface area contributed by atoms with E-state index in [0.29, 0.717) is 14.1 Å². The van der Waals surface area contributed by atoms with Crippen LogP contribution in [0.5, 0.6) is 0 Å². The Morgan fingerprint density at radius 2 is 2.25 bits per heavy atom. The van der Waals surface area contributed by atoms with Crippen molar-refractivity contribution in [3.8, 4) is 0 Å². The van der Waals surface area contributed by atoms with E-state index in [0.717, 1.165) is 25.7 Å². The van der Waals surface area contributed by atoms with Crippen molar-refractivity contribution >= 4 is 44.8 Å². The largest absolute Gasteiger partial charge is 0.343 e. The zero-order chi connectivity index (χ0) is 14.2. The molecule has 1 saturated carbocycles. The number of thiazole rings is 1. The van der Waals surface area contributed by atoms with Crippen molar-refractivity contribution in [2.24, 2.45) is 0 Å². The normalized spacial score (nSPS) is 17.3. The maximum absolute atomic E-state index is 12.4. The molecular weight excluding hydrogens is 368 g/mol. The lowest BCUT2D eigenvalue weighted by atomic mass is 9.96. The van der Waals surface area contributed by atoms with Crippen LogP contribution in [0.3, 0.4) is 0 Å². The van der Waals surface area contributed by atoms with E-state index in [1.54, 1.807) is 0 Å². The van der Waals surface area contributed by atoms with Crippen molar-refractivity contribution in [2.45, 2.75) is 31.2 Å². The number of amides is 1. The van der Waals surface area contributed by atoms with Gasteiger partial charge >= 0.3 is 0 Å². The predicted octanol–water partition coefficient (Wildman–Crippen LogP) is 3.14. The highest BCUT2D eigenvalue weighted by atomic mass is 79.9. The van der Waals surface area contributed by atoms with Crippen molar-refractivity contribution in [1.29, 1.82) is 0 Å². The van der Waals surface area contributed by atoms with Gasteiger partial charge < -0.3 is 9.84 Å². The van der Waals surface area contributed by atoms with Crippen LogP contribution in [0.2, 0.25) is 4.47 Å². The molecule has 6 nitrogen and oxygen atoms in total. The van der Waals surface area contributed by atoms with Crippen LogP contribution in [0.4, 0.5) is 0 Å². The molecule has 2 aromatic rings. The lowest BCUT2D eigenvalue weighted by Crippen LogP contribution is -2.44. The highest BCUT2D eigenvalue weighted by Crippen LogP contribution is 2.38. The summed E-state index contributed by atoms with van der Waals surface area (Å²) in [7, 11) is 0. The number of carbonyl (C=O) groups is 1. The van der Waals surface area contributed by atoms with E-state index in [1.807, 2.05) is 0 Å². The molecule has 1 N–H and O–H groups in total. The van der Waals surface area contributed by atoms with Gasteiger partial charge in [0.05, 0.1) is 0 Å². The molecule has 0 spiro atoms. The van der Waals surface area contributed by atoms with Gasteiger partial charge in [0.1, 0.15) is 9.33 Å². The highest BCUT2D eigenvalue weighted by Gasteiger charge is 2.41. The number of carbonyl (C=O) groups excluding carboxylic acids is 1. The molecule has 9 heteroatoms. The molecule has 0 aliphatic heterocycles. The quantitative estimate of drug-likeness (QED) is 0.888. The molecule has 106 valence electrons. The van der Waals surface area contributed by atoms with E-state index < -0.39 is 5.54 Å². The van der Waals surface area contributed by atoms with Crippen LogP contribution < -0.4 is 5.32 Å². The third-order valence-corrected chi connectivity index (χ3v) is 5.18. The molecule has 0 bridgehead atoms. The number of hydrogen-bond donors (Lipinski definition) is 1. The van der Waals surface area contributed by atoms with E-state index in [-0.39, 0.29) is 11.6 Å². The number of rotatable bonds is 3. The van der Waals surface area contributed by atoms with Gasteiger partial charge in [-0.05, 0) is 28.8 Å². The van der Waals surface area contributed by atoms with Crippen LogP contribution >= 0.6 is 38.9 Å². The van der Waals surface area contributed by atoms with Gasteiger partial charge in [-0.3, -0.25) is 4.79 Å². The van der Waals surface area contributed by atoms with Crippen LogP contribution in [-0.2, 0) is 5.54 Å². The number of aromatic nitrogens is 3. The summed E-state index contributed by atoms with van der Waals surface area (Å²) in [6.45, 7) is 0. The smallest absolute Gasteiger partial charge is 0.272 e. The van der Waals surface area contributed by atoms with Crippen molar-refractivity contribution in [3.63, 3.8) is 0 Å². The Bertz CT molecular complexity index is 624. The Kier molecular flexibility index (Phi) is 3.78. The van der Waals surface area contributed by atoms with E-state index in [9.17, 15) is 4.79 Å². The van der Waals surface area contributed by atoms with Gasteiger partial charge in [-0.15, -0.1) is 0 Å². The van der Waals surface area contributed by atoms with Crippen molar-refractivity contribution in [3.05, 3.63) is 26.2 Å². The summed E-state index contributed by atoms with van der Waals surface area (Å²) in [6, 6.07) is 0. The first-order valence-electron chi connectivity index (χ1n) is 6.02. The molecule has 3 rings (SSSR count). The zero-order valence-electron chi connectivity index (χ0n) is 10.2. The molecule has 0 aromatic carbocycles. The molecule has 1 aliphatic rings. The van der Waals surface area contributed by atoms with Crippen LogP contribution in [-0.4, -0.2) is 21.0 Å². The minimum absolute atomic E-state index is 0.285. The van der Waals surface area contributed by atoms with Crippen LogP contribution in [0.1, 0.15) is 42.0 Å². The first kappa shape index (κ1) is 14.0. The topological polar surface area (TPSA) is 80.9 Å². The monoisotopic (exact) mass is 376 g/mol. The Morgan fingerprint density at radius 3 is 2.80 bits per heavy atom. The first-order valence-corrected chi connectivity index (χ1v) is 8.01. The molecule has 0 radical (unpaired) electrons. The minimum Gasteiger partial charge on any atom is -0.343 e. The lowest BCUT2D eigenvalue weighted by Gasteiger charge is -2.26. The Morgan fingerprint density at radius 1 is 1.50 bits per heavy atom. The molecule has 1 fully saturated rings. The fraction of sp³-hybridized carbons (Fsp3) is 0.455. The van der Waals surface area contributed by atoms with E-state index >= 15 is 0 Å². The number of halogens is 2. The second-order valence-electron chi connectivity index (χ2n) is 4.59. The van der Waals surface area contributed by atoms with Crippen molar-refractivity contribution in [1.82, 2.24) is 20.4 Å². The van der Waals surface area contributed by atoms with Gasteiger partial charge in [0, 0.05) is 0 Å². The molecule has 2 aromatic heterocycles. The van der Waals surface area contributed by atoms with Crippen LogP contribution in [0, 0.1) is 0 Å². The summed E-state index contributed by atoms with van der Waals surface area (Å²) in [5, 5.41) is 6.89. The zero-order valence-corrected chi connectivity index (χ0v) is 13.4. The summed E-state index contributed by atoms with van der Waals surface area (Å²) < 4.78 is 5.74. The summed E-state index contributed by atoms with van der Waals surface area (Å²) in [4.78, 5) is 20.5. The first-order chi connectivity index (χ1) is 9.61. The summed E-state index contributed by atoms with van der Waals surface area (Å²) in [5.41, 5.74) is -0.283. The molecular formula is C11H10BrClN4O2S. The van der Waals surface area contributed by atoms with E-state index in [1.165, 1.54) is 17.7 Å². The second-order valence-corrected chi connectivity index (χ2v) is 7.49. The predicted molar refractivity (Wildman–Crippen MR) is 76.7 cm³/mol. The molecule has 0 atom stereocenters. The molecule has 1 amide bonds. The lowest BCUT2D eigenvalue weighted by molar-refractivity contribution is 0.0886. The molecule has 20 heavy (non-hydrogen) atoms. The molecule has 1 aliphatic carbocycles. The third-order valence-electron chi connectivity index (χ3n) is 3.37.